The van der Waals surface area contributed by atoms with E-state index in [-0.39, 0.29) is 35.6 Å². The van der Waals surface area contributed by atoms with Crippen LogP contribution in [0.3, 0.4) is 0 Å². The Morgan fingerprint density at radius 1 is 1.19 bits per heavy atom. The smallest absolute Gasteiger partial charge is 0.414 e. The Bertz CT molecular complexity index is 1220. The number of nitrogens with two attached hydrogens (primary N) is 1. The first kappa shape index (κ1) is 37.2. The molecule has 7 N–H and O–H groups in total. The normalized spacial score (nSPS) is 20.2. The average Bonchev–Trinajstić information content (AvgIpc) is 3.38. The molecule has 1 aromatic heterocycles. The fraction of sp³-hybridized carbons (Fsp3) is 0.538. The summed E-state index contributed by atoms with van der Waals surface area (Å²) in [6, 6.07) is -1.57. The Morgan fingerprint density at radius 2 is 1.81 bits per heavy atom. The van der Waals surface area contributed by atoms with Crippen molar-refractivity contribution in [2.45, 2.75) is 77.7 Å². The Balaban J connectivity index is 0.00000139. The summed E-state index contributed by atoms with van der Waals surface area (Å²) < 4.78 is 5.63. The lowest BCUT2D eigenvalue weighted by Gasteiger charge is -2.29. The highest BCUT2D eigenvalue weighted by molar-refractivity contribution is 8.13. The second kappa shape index (κ2) is 17.3. The predicted octanol–water partition coefficient (Wildman–Crippen LogP) is 0.433. The third kappa shape index (κ3) is 13.3. The zero-order valence-corrected chi connectivity index (χ0v) is 26.0. The van der Waals surface area contributed by atoms with Gasteiger partial charge in [-0.25, -0.2) is 19.4 Å². The Hall–Kier alpha value is -3.83. The molecule has 238 valence electrons. The number of rotatable bonds is 6. The van der Waals surface area contributed by atoms with E-state index in [2.05, 4.69) is 20.9 Å². The second-order valence-corrected chi connectivity index (χ2v) is 12.2. The van der Waals surface area contributed by atoms with Gasteiger partial charge in [-0.1, -0.05) is 31.7 Å². The number of fused-ring (bicyclic) bond motifs is 2. The molecule has 1 aliphatic heterocycles. The van der Waals surface area contributed by atoms with Crippen LogP contribution < -0.4 is 21.7 Å². The summed E-state index contributed by atoms with van der Waals surface area (Å²) >= 11 is 2.31. The SMILES string of the molecule is CC(C)[C@@H]1NC(=O)C(C)(C)NC(=O)c2csc(n2)CNC(=O)C[C@@H](/C=C/CCSC(=O)[C@H](C)N)OC1=O.O=C(O)C(=O)O. The minimum Gasteiger partial charge on any atom is -0.473 e. The first-order chi connectivity index (χ1) is 19.9. The number of carbonyl (C=O) groups excluding carboxylic acids is 5. The molecule has 2 bridgehead atoms. The van der Waals surface area contributed by atoms with Crippen molar-refractivity contribution in [2.24, 2.45) is 11.7 Å². The molecule has 0 aliphatic carbocycles. The minimum atomic E-state index is -1.82. The lowest BCUT2D eigenvalue weighted by Crippen LogP contribution is -2.59. The van der Waals surface area contributed by atoms with Crippen LogP contribution in [0.4, 0.5) is 0 Å². The molecule has 0 fully saturated rings. The van der Waals surface area contributed by atoms with Gasteiger partial charge in [0.1, 0.15) is 28.4 Å². The molecule has 17 heteroatoms. The monoisotopic (exact) mass is 643 g/mol. The average molecular weight is 644 g/mol. The highest BCUT2D eigenvalue weighted by atomic mass is 32.2. The summed E-state index contributed by atoms with van der Waals surface area (Å²) in [6.45, 7) is 8.26. The lowest BCUT2D eigenvalue weighted by molar-refractivity contribution is -0.159. The molecule has 15 nitrogen and oxygen atoms in total. The Kier molecular flexibility index (Phi) is 15.0. The van der Waals surface area contributed by atoms with E-state index in [0.717, 1.165) is 11.8 Å². The number of aromatic nitrogens is 1. The van der Waals surface area contributed by atoms with Crippen LogP contribution in [0.25, 0.3) is 0 Å². The van der Waals surface area contributed by atoms with Gasteiger partial charge in [0, 0.05) is 11.1 Å². The predicted molar refractivity (Wildman–Crippen MR) is 157 cm³/mol. The molecule has 3 atom stereocenters. The van der Waals surface area contributed by atoms with Crippen molar-refractivity contribution in [3.05, 3.63) is 28.2 Å². The van der Waals surface area contributed by atoms with Crippen LogP contribution in [0, 0.1) is 5.92 Å². The fourth-order valence-corrected chi connectivity index (χ4v) is 4.56. The number of cyclic esters (lactones) is 1. The van der Waals surface area contributed by atoms with Crippen molar-refractivity contribution in [1.29, 1.82) is 0 Å². The molecule has 3 amide bonds. The number of hydrogen-bond donors (Lipinski definition) is 6. The van der Waals surface area contributed by atoms with Gasteiger partial charge in [0.05, 0.1) is 19.0 Å². The summed E-state index contributed by atoms with van der Waals surface area (Å²) in [7, 11) is 0. The highest BCUT2D eigenvalue weighted by Gasteiger charge is 2.36. The number of carbonyl (C=O) groups is 7. The number of thioether (sulfide) groups is 1. The van der Waals surface area contributed by atoms with Crippen molar-refractivity contribution in [2.75, 3.05) is 5.75 Å². The Labute approximate surface area is 256 Å². The van der Waals surface area contributed by atoms with E-state index >= 15 is 0 Å². The van der Waals surface area contributed by atoms with Gasteiger partial charge < -0.3 is 36.6 Å². The van der Waals surface area contributed by atoms with Crippen molar-refractivity contribution >= 4 is 63.8 Å². The molecule has 1 aliphatic rings. The largest absolute Gasteiger partial charge is 0.473 e. The number of nitrogens with zero attached hydrogens (tertiary/aromatic N) is 1. The molecule has 0 aromatic carbocycles. The van der Waals surface area contributed by atoms with Crippen molar-refractivity contribution in [3.8, 4) is 0 Å². The quantitative estimate of drug-likeness (QED) is 0.107. The summed E-state index contributed by atoms with van der Waals surface area (Å²) in [5, 5.41) is 24.7. The van der Waals surface area contributed by atoms with E-state index in [4.69, 9.17) is 30.3 Å². The first-order valence-corrected chi connectivity index (χ1v) is 14.9. The van der Waals surface area contributed by atoms with E-state index in [1.54, 1.807) is 38.3 Å². The van der Waals surface area contributed by atoms with Crippen molar-refractivity contribution in [1.82, 2.24) is 20.9 Å². The number of allylic oxidation sites excluding steroid dienone is 1. The van der Waals surface area contributed by atoms with E-state index in [9.17, 15) is 24.0 Å². The maximum Gasteiger partial charge on any atom is 0.414 e. The number of ether oxygens (including phenoxy) is 1. The van der Waals surface area contributed by atoms with Crippen LogP contribution in [0.15, 0.2) is 17.5 Å². The summed E-state index contributed by atoms with van der Waals surface area (Å²) in [6.07, 6.45) is 2.78. The van der Waals surface area contributed by atoms with Crippen LogP contribution in [-0.2, 0) is 40.0 Å². The molecule has 0 unspecified atom stereocenters. The number of carboxylic acids is 2. The molecular weight excluding hydrogens is 606 g/mol. The van der Waals surface area contributed by atoms with E-state index in [1.165, 1.54) is 25.2 Å². The van der Waals surface area contributed by atoms with Gasteiger partial charge in [0.15, 0.2) is 0 Å². The van der Waals surface area contributed by atoms with Crippen LogP contribution in [-0.4, -0.2) is 85.4 Å². The van der Waals surface area contributed by atoms with Crippen LogP contribution in [0.5, 0.6) is 0 Å². The number of esters is 1. The second-order valence-electron chi connectivity index (χ2n) is 10.1. The van der Waals surface area contributed by atoms with Crippen molar-refractivity contribution in [3.63, 3.8) is 0 Å². The number of nitrogens with one attached hydrogen (secondary N) is 3. The maximum absolute atomic E-state index is 13.1. The number of hydrogen-bond acceptors (Lipinski definition) is 12. The van der Waals surface area contributed by atoms with Gasteiger partial charge in [-0.15, -0.1) is 11.3 Å². The van der Waals surface area contributed by atoms with Crippen LogP contribution in [0.1, 0.15) is 63.0 Å². The van der Waals surface area contributed by atoms with Gasteiger partial charge >= 0.3 is 17.9 Å². The first-order valence-electron chi connectivity index (χ1n) is 13.0. The summed E-state index contributed by atoms with van der Waals surface area (Å²) in [4.78, 5) is 85.4. The highest BCUT2D eigenvalue weighted by Crippen LogP contribution is 2.15. The van der Waals surface area contributed by atoms with E-state index in [0.29, 0.717) is 17.2 Å². The molecule has 43 heavy (non-hydrogen) atoms. The fourth-order valence-electron chi connectivity index (χ4n) is 3.13. The molecule has 0 saturated carbocycles. The molecular formula is C26H37N5O10S2. The van der Waals surface area contributed by atoms with Crippen molar-refractivity contribution < 1.29 is 48.5 Å². The standard InChI is InChI=1S/C24H35N5O6S2.C2H2O4/c1-13(2)19-21(32)35-15(8-6-7-9-36-22(33)14(3)25)10-17(30)26-11-18-27-16(12-37-18)20(31)29-24(4,5)23(34)28-19;3-1(4)2(5)6/h6,8,12-15,19H,7,9-11,25H2,1-5H3,(H,26,30)(H,28,34)(H,29,31);(H,3,4)(H,5,6)/b8-6+;/t14-,15+,19-;/m0./s1. The third-order valence-electron chi connectivity index (χ3n) is 5.51. The summed E-state index contributed by atoms with van der Waals surface area (Å²) in [5.74, 6) is -5.70. The van der Waals surface area contributed by atoms with Crippen LogP contribution >= 0.6 is 23.1 Å². The number of thiazole rings is 1. The summed E-state index contributed by atoms with van der Waals surface area (Å²) in [5.41, 5.74) is 4.35. The molecule has 0 saturated heterocycles. The van der Waals surface area contributed by atoms with Gasteiger partial charge in [-0.3, -0.25) is 19.2 Å². The molecule has 2 rings (SSSR count). The van der Waals surface area contributed by atoms with Gasteiger partial charge in [0.2, 0.25) is 16.9 Å². The topological polar surface area (TPSA) is 244 Å². The molecule has 2 heterocycles. The lowest BCUT2D eigenvalue weighted by atomic mass is 9.99. The number of carboxylic acid groups (broad SMARTS) is 2. The van der Waals surface area contributed by atoms with Gasteiger partial charge in [-0.2, -0.15) is 0 Å². The van der Waals surface area contributed by atoms with E-state index in [1.807, 2.05) is 0 Å². The van der Waals surface area contributed by atoms with Gasteiger partial charge in [-0.05, 0) is 39.2 Å². The number of aliphatic carboxylic acids is 2. The van der Waals surface area contributed by atoms with E-state index < -0.39 is 53.4 Å². The number of amides is 3. The molecule has 0 spiro atoms. The maximum atomic E-state index is 13.1. The zero-order chi connectivity index (χ0) is 32.9. The molecule has 0 radical (unpaired) electrons. The zero-order valence-electron chi connectivity index (χ0n) is 24.4. The van der Waals surface area contributed by atoms with Crippen LogP contribution in [0.2, 0.25) is 0 Å². The Morgan fingerprint density at radius 3 is 2.37 bits per heavy atom. The van der Waals surface area contributed by atoms with Gasteiger partial charge in [0.25, 0.3) is 5.91 Å². The third-order valence-corrected chi connectivity index (χ3v) is 7.46. The molecule has 1 aromatic rings. The minimum absolute atomic E-state index is 0.0929.